The lowest BCUT2D eigenvalue weighted by Crippen LogP contribution is -2.11. The van der Waals surface area contributed by atoms with E-state index in [4.69, 9.17) is 0 Å². The molecule has 0 aliphatic rings. The highest BCUT2D eigenvalue weighted by molar-refractivity contribution is 6.14. The molecule has 0 N–H and O–H groups in total. The molecule has 1 aromatic heterocycles. The third-order valence-electron chi connectivity index (χ3n) is 13.8. The lowest BCUT2D eigenvalue weighted by molar-refractivity contribution is 1.18. The molecule has 0 bridgehead atoms. The van der Waals surface area contributed by atoms with Crippen LogP contribution in [0.3, 0.4) is 0 Å². The van der Waals surface area contributed by atoms with E-state index in [-0.39, 0.29) is 0 Å². The molecule has 2 heteroatoms. The highest BCUT2D eigenvalue weighted by atomic mass is 15.1. The molecule has 0 saturated heterocycles. The summed E-state index contributed by atoms with van der Waals surface area (Å²) in [5.74, 6) is 0. The Labute approximate surface area is 395 Å². The van der Waals surface area contributed by atoms with Crippen molar-refractivity contribution in [2.24, 2.45) is 0 Å². The predicted molar refractivity (Wildman–Crippen MR) is 290 cm³/mol. The minimum Gasteiger partial charge on any atom is -0.310 e. The maximum absolute atomic E-state index is 2.43. The number of hydrogen-bond acceptors (Lipinski definition) is 1. The van der Waals surface area contributed by atoms with Crippen LogP contribution in [0, 0.1) is 0 Å². The van der Waals surface area contributed by atoms with Gasteiger partial charge in [-0.05, 0) is 138 Å². The monoisotopic (exact) mass is 864 g/mol. The van der Waals surface area contributed by atoms with E-state index in [9.17, 15) is 0 Å². The first-order valence-corrected chi connectivity index (χ1v) is 23.4. The Morgan fingerprint density at radius 1 is 0.250 bits per heavy atom. The van der Waals surface area contributed by atoms with Crippen LogP contribution in [0.25, 0.3) is 104 Å². The standard InChI is InChI=1S/C66H44N2/c1-2-16-46(17-3-1)63-43-50(49-21-14-22-54(42-49)68-64-30-12-10-27-60(64)61-28-11-13-31-65(61)68)36-41-66(63)67(52-37-32-47(33-38-52)56-29-15-20-45-18-4-6-23-55(45)56)53-39-34-48(35-40-53)62-44-51-19-5-7-24-57(51)58-25-8-9-26-59(58)62/h1-44H. The summed E-state index contributed by atoms with van der Waals surface area (Å²) in [6.07, 6.45) is 0. The van der Waals surface area contributed by atoms with Crippen molar-refractivity contribution < 1.29 is 0 Å². The predicted octanol–water partition coefficient (Wildman–Crippen LogP) is 18.4. The van der Waals surface area contributed by atoms with Gasteiger partial charge in [-0.1, -0.05) is 200 Å². The minimum absolute atomic E-state index is 1.08. The van der Waals surface area contributed by atoms with E-state index >= 15 is 0 Å². The summed E-state index contributed by atoms with van der Waals surface area (Å²) >= 11 is 0. The quantitative estimate of drug-likeness (QED) is 0.138. The van der Waals surface area contributed by atoms with Crippen LogP contribution in [0.2, 0.25) is 0 Å². The Morgan fingerprint density at radius 2 is 0.735 bits per heavy atom. The molecule has 13 aromatic rings. The highest BCUT2D eigenvalue weighted by Crippen LogP contribution is 2.45. The van der Waals surface area contributed by atoms with Crippen LogP contribution in [-0.2, 0) is 0 Å². The average molecular weight is 865 g/mol. The van der Waals surface area contributed by atoms with Crippen LogP contribution < -0.4 is 4.90 Å². The number of benzene rings is 12. The van der Waals surface area contributed by atoms with Crippen LogP contribution in [0.15, 0.2) is 267 Å². The molecule has 0 fully saturated rings. The van der Waals surface area contributed by atoms with E-state index in [0.717, 1.165) is 45.0 Å². The summed E-state index contributed by atoms with van der Waals surface area (Å²) < 4.78 is 2.40. The number of anilines is 3. The van der Waals surface area contributed by atoms with Gasteiger partial charge in [0.1, 0.15) is 0 Å². The zero-order valence-corrected chi connectivity index (χ0v) is 37.3. The summed E-state index contributed by atoms with van der Waals surface area (Å²) in [6, 6.07) is 97.6. The number of hydrogen-bond donors (Lipinski definition) is 0. The van der Waals surface area contributed by atoms with Gasteiger partial charge in [0.15, 0.2) is 0 Å². The van der Waals surface area contributed by atoms with Crippen molar-refractivity contribution in [2.45, 2.75) is 0 Å². The molecule has 0 unspecified atom stereocenters. The van der Waals surface area contributed by atoms with Crippen LogP contribution in [-0.4, -0.2) is 4.57 Å². The summed E-state index contributed by atoms with van der Waals surface area (Å²) in [5, 5.41) is 10.0. The smallest absolute Gasteiger partial charge is 0.0541 e. The van der Waals surface area contributed by atoms with E-state index in [0.29, 0.717) is 0 Å². The van der Waals surface area contributed by atoms with Crippen molar-refractivity contribution in [3.05, 3.63) is 267 Å². The molecule has 318 valence electrons. The summed E-state index contributed by atoms with van der Waals surface area (Å²) in [5.41, 5.74) is 16.2. The van der Waals surface area contributed by atoms with Crippen molar-refractivity contribution in [1.29, 1.82) is 0 Å². The SMILES string of the molecule is c1ccc(-c2cc(-c3cccc(-n4c5ccccc5c5ccccc54)c3)ccc2N(c2ccc(-c3cccc4ccccc34)cc2)c2ccc(-c3cc4ccccc4c4ccccc34)cc2)cc1. The fourth-order valence-electron chi connectivity index (χ4n) is 10.6. The first-order chi connectivity index (χ1) is 33.7. The molecular weight excluding hydrogens is 821 g/mol. The van der Waals surface area contributed by atoms with Crippen molar-refractivity contribution >= 4 is 71.2 Å². The van der Waals surface area contributed by atoms with Gasteiger partial charge in [0.05, 0.1) is 16.7 Å². The third-order valence-corrected chi connectivity index (χ3v) is 13.8. The largest absolute Gasteiger partial charge is 0.310 e. The second kappa shape index (κ2) is 16.5. The maximum Gasteiger partial charge on any atom is 0.0541 e. The van der Waals surface area contributed by atoms with Crippen LogP contribution in [0.5, 0.6) is 0 Å². The summed E-state index contributed by atoms with van der Waals surface area (Å²) in [4.78, 5) is 2.43. The van der Waals surface area contributed by atoms with E-state index in [1.807, 2.05) is 0 Å². The topological polar surface area (TPSA) is 8.17 Å². The molecule has 0 saturated carbocycles. The van der Waals surface area contributed by atoms with Gasteiger partial charge >= 0.3 is 0 Å². The van der Waals surface area contributed by atoms with Crippen LogP contribution in [0.4, 0.5) is 17.1 Å². The fourth-order valence-corrected chi connectivity index (χ4v) is 10.6. The van der Waals surface area contributed by atoms with E-state index < -0.39 is 0 Å². The molecule has 2 nitrogen and oxygen atoms in total. The Hall–Kier alpha value is -8.98. The number of aromatic nitrogens is 1. The van der Waals surface area contributed by atoms with E-state index in [1.165, 1.54) is 76.4 Å². The Bertz CT molecular complexity index is 3950. The number of rotatable bonds is 8. The maximum atomic E-state index is 2.43. The first kappa shape index (κ1) is 39.4. The molecule has 68 heavy (non-hydrogen) atoms. The van der Waals surface area contributed by atoms with E-state index in [2.05, 4.69) is 276 Å². The molecule has 0 spiro atoms. The van der Waals surface area contributed by atoms with Gasteiger partial charge in [0.25, 0.3) is 0 Å². The van der Waals surface area contributed by atoms with Crippen LogP contribution >= 0.6 is 0 Å². The van der Waals surface area contributed by atoms with Gasteiger partial charge in [-0.2, -0.15) is 0 Å². The third kappa shape index (κ3) is 6.73. The minimum atomic E-state index is 1.08. The molecular formula is C66H44N2. The zero-order chi connectivity index (χ0) is 45.0. The fraction of sp³-hybridized carbons (Fsp3) is 0. The zero-order valence-electron chi connectivity index (χ0n) is 37.3. The molecule has 0 aliphatic carbocycles. The van der Waals surface area contributed by atoms with Gasteiger partial charge in [0.2, 0.25) is 0 Å². The van der Waals surface area contributed by atoms with Crippen molar-refractivity contribution in [3.63, 3.8) is 0 Å². The highest BCUT2D eigenvalue weighted by Gasteiger charge is 2.20. The van der Waals surface area contributed by atoms with Crippen molar-refractivity contribution in [1.82, 2.24) is 4.57 Å². The number of para-hydroxylation sites is 2. The normalized spacial score (nSPS) is 11.5. The van der Waals surface area contributed by atoms with Crippen molar-refractivity contribution in [3.8, 4) is 50.2 Å². The number of fused-ring (bicyclic) bond motifs is 7. The van der Waals surface area contributed by atoms with Gasteiger partial charge in [-0.25, -0.2) is 0 Å². The van der Waals surface area contributed by atoms with Gasteiger partial charge in [0, 0.05) is 33.4 Å². The number of nitrogens with zero attached hydrogens (tertiary/aromatic N) is 2. The first-order valence-electron chi connectivity index (χ1n) is 23.4. The molecule has 0 atom stereocenters. The van der Waals surface area contributed by atoms with Gasteiger partial charge in [-0.3, -0.25) is 0 Å². The van der Waals surface area contributed by atoms with Gasteiger partial charge < -0.3 is 9.47 Å². The van der Waals surface area contributed by atoms with Crippen LogP contribution in [0.1, 0.15) is 0 Å². The second-order valence-corrected chi connectivity index (χ2v) is 17.7. The Kier molecular flexibility index (Phi) is 9.54. The summed E-state index contributed by atoms with van der Waals surface area (Å²) in [7, 11) is 0. The Morgan fingerprint density at radius 3 is 1.44 bits per heavy atom. The van der Waals surface area contributed by atoms with Crippen molar-refractivity contribution in [2.75, 3.05) is 4.90 Å². The average Bonchev–Trinajstić information content (AvgIpc) is 3.76. The molecule has 0 aliphatic heterocycles. The lowest BCUT2D eigenvalue weighted by Gasteiger charge is -2.29. The lowest BCUT2D eigenvalue weighted by atomic mass is 9.93. The molecule has 0 radical (unpaired) electrons. The summed E-state index contributed by atoms with van der Waals surface area (Å²) in [6.45, 7) is 0. The molecule has 12 aromatic carbocycles. The molecule has 13 rings (SSSR count). The molecule has 0 amide bonds. The van der Waals surface area contributed by atoms with E-state index in [1.54, 1.807) is 0 Å². The molecule has 1 heterocycles. The Balaban J connectivity index is 0.970. The van der Waals surface area contributed by atoms with Gasteiger partial charge in [-0.15, -0.1) is 0 Å². The second-order valence-electron chi connectivity index (χ2n) is 17.7.